The molecular weight excluding hydrogens is 1050 g/mol. The van der Waals surface area contributed by atoms with Gasteiger partial charge in [0.05, 0.1) is 34.4 Å². The maximum absolute atomic E-state index is 12.9. The van der Waals surface area contributed by atoms with Crippen LogP contribution in [0.1, 0.15) is 284 Å². The van der Waals surface area contributed by atoms with Crippen LogP contribution in [0.25, 0.3) is 0 Å². The highest BCUT2D eigenvalue weighted by molar-refractivity contribution is 5.71. The summed E-state index contributed by atoms with van der Waals surface area (Å²) in [6, 6.07) is 0. The summed E-state index contributed by atoms with van der Waals surface area (Å²) in [6.07, 6.45) is 90.3. The molecular formula is C76H130NO8+. The molecule has 2 atom stereocenters. The molecule has 0 saturated carbocycles. The predicted octanol–water partition coefficient (Wildman–Crippen LogP) is 21.6. The highest BCUT2D eigenvalue weighted by Crippen LogP contribution is 2.17. The molecule has 85 heavy (non-hydrogen) atoms. The van der Waals surface area contributed by atoms with Gasteiger partial charge in [0.1, 0.15) is 13.2 Å². The summed E-state index contributed by atoms with van der Waals surface area (Å²) < 4.78 is 23.0. The number of hydrogen-bond donors (Lipinski definition) is 1. The van der Waals surface area contributed by atoms with E-state index in [1.807, 2.05) is 21.1 Å². The number of allylic oxidation sites excluding steroid dienone is 20. The van der Waals surface area contributed by atoms with E-state index in [9.17, 15) is 19.5 Å². The maximum atomic E-state index is 12.9. The fourth-order valence-corrected chi connectivity index (χ4v) is 9.48. The Morgan fingerprint density at radius 1 is 0.353 bits per heavy atom. The van der Waals surface area contributed by atoms with Crippen LogP contribution in [0.4, 0.5) is 0 Å². The van der Waals surface area contributed by atoms with E-state index in [-0.39, 0.29) is 38.6 Å². The topological polar surface area (TPSA) is 108 Å². The number of likely N-dealkylation sites (N-methyl/N-ethyl adjacent to an activating group) is 1. The molecule has 0 bridgehead atoms. The van der Waals surface area contributed by atoms with Crippen LogP contribution in [0.5, 0.6) is 0 Å². The largest absolute Gasteiger partial charge is 0.477 e. The van der Waals surface area contributed by atoms with E-state index in [4.69, 9.17) is 18.9 Å². The first-order valence-corrected chi connectivity index (χ1v) is 34.7. The maximum Gasteiger partial charge on any atom is 0.361 e. The molecule has 0 rings (SSSR count). The number of carbonyl (C=O) groups is 3. The van der Waals surface area contributed by atoms with Gasteiger partial charge < -0.3 is 28.5 Å². The van der Waals surface area contributed by atoms with Crippen LogP contribution in [0.3, 0.4) is 0 Å². The monoisotopic (exact) mass is 1180 g/mol. The standard InChI is InChI=1S/C76H129NO8/c1-6-8-10-12-14-16-18-20-22-24-26-28-29-30-31-32-33-34-35-36-37-38-39-40-41-42-43-44-45-47-49-51-53-55-57-59-61-63-65-67-74(79)85-72(71-84-76(75(80)81)82-69-68-77(3,4)5)70-83-73(78)66-64-62-60-58-56-54-52-50-48-46-27-25-23-21-19-17-15-13-11-9-7-2/h8-11,14-17,20-23,26-28,30-31,33-34,46,72,76H,6-7,12-13,18-19,24-25,29,32,35-45,47-71H2,1-5H3/p+1/b10-8-,11-9-,16-14-,17-15-,22-20-,23-21-,28-26-,31-30-,34-33-,46-27-. The molecule has 0 spiro atoms. The summed E-state index contributed by atoms with van der Waals surface area (Å²) in [6.45, 7) is 4.66. The Balaban J connectivity index is 4.06. The number of nitrogens with zero attached hydrogens (tertiary/aromatic N) is 1. The molecule has 0 fully saturated rings. The minimum atomic E-state index is -1.52. The molecule has 0 heterocycles. The molecule has 0 amide bonds. The third kappa shape index (κ3) is 67.1. The zero-order chi connectivity index (χ0) is 61.9. The smallest absolute Gasteiger partial charge is 0.361 e. The lowest BCUT2D eigenvalue weighted by atomic mass is 10.0. The van der Waals surface area contributed by atoms with Crippen LogP contribution >= 0.6 is 0 Å². The molecule has 0 aromatic heterocycles. The first kappa shape index (κ1) is 80.7. The first-order valence-electron chi connectivity index (χ1n) is 34.7. The SMILES string of the molecule is CC/C=C\C/C=C\C/C=C\C/C=C\C/C=C\C/C=C\CCCCCCCCCCCCCCCCCCCCCCC(=O)OC(COC(=O)CCCCCCCCCC/C=C\C/C=C\C/C=C\C/C=C\CC)COC(OCC[N+](C)(C)C)C(=O)O. The number of unbranched alkanes of at least 4 members (excludes halogenated alkanes) is 28. The van der Waals surface area contributed by atoms with E-state index < -0.39 is 24.3 Å². The Morgan fingerprint density at radius 3 is 0.941 bits per heavy atom. The normalized spacial score (nSPS) is 13.5. The Morgan fingerprint density at radius 2 is 0.635 bits per heavy atom. The molecule has 0 aromatic rings. The van der Waals surface area contributed by atoms with Crippen LogP contribution in [-0.2, 0) is 33.3 Å². The van der Waals surface area contributed by atoms with Gasteiger partial charge in [0.15, 0.2) is 6.10 Å². The lowest BCUT2D eigenvalue weighted by molar-refractivity contribution is -0.870. The number of hydrogen-bond acceptors (Lipinski definition) is 7. The minimum Gasteiger partial charge on any atom is -0.477 e. The van der Waals surface area contributed by atoms with Crippen molar-refractivity contribution in [2.45, 2.75) is 296 Å². The second kappa shape index (κ2) is 65.7. The Bertz CT molecular complexity index is 1810. The number of aliphatic carboxylic acids is 1. The first-order chi connectivity index (χ1) is 41.6. The van der Waals surface area contributed by atoms with Crippen molar-refractivity contribution < 1.29 is 42.9 Å². The Labute approximate surface area is 523 Å². The Hall–Kier alpha value is -4.31. The van der Waals surface area contributed by atoms with Gasteiger partial charge in [-0.25, -0.2) is 4.79 Å². The molecule has 0 aliphatic carbocycles. The summed E-state index contributed by atoms with van der Waals surface area (Å²) in [5, 5.41) is 9.74. The molecule has 2 unspecified atom stereocenters. The van der Waals surface area contributed by atoms with E-state index in [0.717, 1.165) is 116 Å². The zero-order valence-electron chi connectivity index (χ0n) is 55.5. The van der Waals surface area contributed by atoms with Crippen molar-refractivity contribution in [1.29, 1.82) is 0 Å². The van der Waals surface area contributed by atoms with Crippen molar-refractivity contribution >= 4 is 17.9 Å². The van der Waals surface area contributed by atoms with Crippen LogP contribution in [0.15, 0.2) is 122 Å². The third-order valence-electron chi connectivity index (χ3n) is 14.7. The number of carbonyl (C=O) groups excluding carboxylic acids is 2. The molecule has 1 N–H and O–H groups in total. The number of esters is 2. The van der Waals surface area contributed by atoms with Gasteiger partial charge in [0.2, 0.25) is 0 Å². The lowest BCUT2D eigenvalue weighted by Crippen LogP contribution is -2.40. The number of carboxylic acid groups (broad SMARTS) is 1. The average Bonchev–Trinajstić information content (AvgIpc) is 3.49. The highest BCUT2D eigenvalue weighted by Gasteiger charge is 2.25. The summed E-state index contributed by atoms with van der Waals surface area (Å²) in [4.78, 5) is 37.6. The fraction of sp³-hybridized carbons (Fsp3) is 0.697. The molecule has 9 heteroatoms. The van der Waals surface area contributed by atoms with Crippen LogP contribution in [0.2, 0.25) is 0 Å². The number of carboxylic acids is 1. The van der Waals surface area contributed by atoms with Crippen LogP contribution in [0, 0.1) is 0 Å². The molecule has 0 radical (unpaired) electrons. The van der Waals surface area contributed by atoms with E-state index >= 15 is 0 Å². The predicted molar refractivity (Wildman–Crippen MR) is 364 cm³/mol. The highest BCUT2D eigenvalue weighted by atomic mass is 16.7. The minimum absolute atomic E-state index is 0.183. The lowest BCUT2D eigenvalue weighted by Gasteiger charge is -2.25. The van der Waals surface area contributed by atoms with E-state index in [0.29, 0.717) is 11.0 Å². The molecule has 0 aromatic carbocycles. The van der Waals surface area contributed by atoms with Crippen molar-refractivity contribution in [1.82, 2.24) is 0 Å². The fourth-order valence-electron chi connectivity index (χ4n) is 9.48. The molecule has 9 nitrogen and oxygen atoms in total. The summed E-state index contributed by atoms with van der Waals surface area (Å²) >= 11 is 0. The van der Waals surface area contributed by atoms with Gasteiger partial charge in [-0.1, -0.05) is 289 Å². The quantitative estimate of drug-likeness (QED) is 0.0211. The van der Waals surface area contributed by atoms with Gasteiger partial charge in [-0.3, -0.25) is 9.59 Å². The van der Waals surface area contributed by atoms with Crippen molar-refractivity contribution in [2.75, 3.05) is 47.5 Å². The summed E-state index contributed by atoms with van der Waals surface area (Å²) in [5.41, 5.74) is 0. The zero-order valence-corrected chi connectivity index (χ0v) is 55.5. The third-order valence-corrected chi connectivity index (χ3v) is 14.7. The number of quaternary nitrogens is 1. The van der Waals surface area contributed by atoms with Crippen LogP contribution in [-0.4, -0.2) is 87.4 Å². The second-order valence-electron chi connectivity index (χ2n) is 24.1. The molecule has 0 aliphatic rings. The van der Waals surface area contributed by atoms with Gasteiger partial charge in [0.25, 0.3) is 6.29 Å². The molecule has 486 valence electrons. The van der Waals surface area contributed by atoms with Crippen molar-refractivity contribution in [3.05, 3.63) is 122 Å². The molecule has 0 aliphatic heterocycles. The van der Waals surface area contributed by atoms with E-state index in [1.165, 1.54) is 141 Å². The second-order valence-corrected chi connectivity index (χ2v) is 24.1. The number of ether oxygens (including phenoxy) is 4. The van der Waals surface area contributed by atoms with Crippen molar-refractivity contribution in [3.63, 3.8) is 0 Å². The Kier molecular flexibility index (Phi) is 62.3. The van der Waals surface area contributed by atoms with Gasteiger partial charge in [0, 0.05) is 12.8 Å². The number of rotatable bonds is 63. The van der Waals surface area contributed by atoms with E-state index in [1.54, 1.807) is 0 Å². The van der Waals surface area contributed by atoms with Gasteiger partial charge in [-0.2, -0.15) is 0 Å². The van der Waals surface area contributed by atoms with Crippen LogP contribution < -0.4 is 0 Å². The van der Waals surface area contributed by atoms with Gasteiger partial charge >= 0.3 is 17.9 Å². The summed E-state index contributed by atoms with van der Waals surface area (Å²) in [5.74, 6) is -2.01. The van der Waals surface area contributed by atoms with Gasteiger partial charge in [-0.15, -0.1) is 0 Å². The average molecular weight is 1190 g/mol. The van der Waals surface area contributed by atoms with Crippen molar-refractivity contribution in [2.24, 2.45) is 0 Å². The summed E-state index contributed by atoms with van der Waals surface area (Å²) in [7, 11) is 5.97. The van der Waals surface area contributed by atoms with E-state index in [2.05, 4.69) is 135 Å². The van der Waals surface area contributed by atoms with Crippen molar-refractivity contribution in [3.8, 4) is 0 Å². The van der Waals surface area contributed by atoms with Gasteiger partial charge in [-0.05, 0) is 103 Å². The molecule has 0 saturated heterocycles.